The number of halogens is 3. The van der Waals surface area contributed by atoms with Crippen LogP contribution in [-0.4, -0.2) is 34.0 Å². The molecule has 0 heterocycles. The number of nitrogens with one attached hydrogen (secondary N) is 1. The molecular weight excluding hydrogens is 493 g/mol. The number of alkyl halides is 3. The molecule has 1 N–H and O–H groups in total. The highest BCUT2D eigenvalue weighted by Crippen LogP contribution is 2.33. The minimum atomic E-state index is -4.67. The van der Waals surface area contributed by atoms with Crippen molar-refractivity contribution in [2.75, 3.05) is 24.0 Å². The van der Waals surface area contributed by atoms with E-state index >= 15 is 0 Å². The number of aryl methyl sites for hydroxylation is 1. The third kappa shape index (κ3) is 7.24. The fraction of sp³-hybridized carbons (Fsp3) is 0.269. The van der Waals surface area contributed by atoms with Gasteiger partial charge in [0.1, 0.15) is 18.9 Å². The van der Waals surface area contributed by atoms with Gasteiger partial charge in [-0.3, -0.25) is 9.10 Å². The molecule has 36 heavy (non-hydrogen) atoms. The van der Waals surface area contributed by atoms with E-state index in [2.05, 4.69) is 12.2 Å². The van der Waals surface area contributed by atoms with Crippen molar-refractivity contribution < 1.29 is 31.1 Å². The Labute approximate surface area is 208 Å². The number of anilines is 1. The number of rotatable bonds is 11. The standard InChI is InChI=1S/C26H27F3N2O4S/c1-2-7-20-12-14-23(15-13-20)35-17-16-30-25(32)19-31(36(33,34)24-10-4-3-5-11-24)22-9-6-8-21(18-22)26(27,28)29/h3-6,8-15,18H,2,7,16-17,19H2,1H3,(H,30,32). The van der Waals surface area contributed by atoms with Crippen LogP contribution >= 0.6 is 0 Å². The van der Waals surface area contributed by atoms with Crippen molar-refractivity contribution in [2.24, 2.45) is 0 Å². The summed E-state index contributed by atoms with van der Waals surface area (Å²) < 4.78 is 72.6. The van der Waals surface area contributed by atoms with E-state index < -0.39 is 34.2 Å². The largest absolute Gasteiger partial charge is 0.492 e. The van der Waals surface area contributed by atoms with E-state index in [4.69, 9.17) is 4.74 Å². The molecule has 0 fully saturated rings. The lowest BCUT2D eigenvalue weighted by molar-refractivity contribution is -0.137. The smallest absolute Gasteiger partial charge is 0.416 e. The van der Waals surface area contributed by atoms with Crippen LogP contribution in [0.3, 0.4) is 0 Å². The van der Waals surface area contributed by atoms with Gasteiger partial charge in [0, 0.05) is 0 Å². The second kappa shape index (κ2) is 11.9. The number of carbonyl (C=O) groups is 1. The quantitative estimate of drug-likeness (QED) is 0.359. The Hall–Kier alpha value is -3.53. The number of ether oxygens (including phenoxy) is 1. The molecule has 3 rings (SSSR count). The monoisotopic (exact) mass is 520 g/mol. The summed E-state index contributed by atoms with van der Waals surface area (Å²) >= 11 is 0. The van der Waals surface area contributed by atoms with E-state index in [1.165, 1.54) is 35.9 Å². The summed E-state index contributed by atoms with van der Waals surface area (Å²) in [6.07, 6.45) is -2.68. The molecule has 1 amide bonds. The zero-order valence-electron chi connectivity index (χ0n) is 19.7. The second-order valence-electron chi connectivity index (χ2n) is 7.97. The zero-order chi connectivity index (χ0) is 26.2. The molecule has 10 heteroatoms. The molecule has 0 spiro atoms. The van der Waals surface area contributed by atoms with Crippen molar-refractivity contribution in [3.05, 3.63) is 90.0 Å². The van der Waals surface area contributed by atoms with Gasteiger partial charge in [0.15, 0.2) is 0 Å². The van der Waals surface area contributed by atoms with Crippen molar-refractivity contribution in [2.45, 2.75) is 30.8 Å². The molecule has 0 aromatic heterocycles. The summed E-state index contributed by atoms with van der Waals surface area (Å²) in [7, 11) is -4.32. The molecule has 0 aliphatic carbocycles. The van der Waals surface area contributed by atoms with Crippen LogP contribution in [0.25, 0.3) is 0 Å². The van der Waals surface area contributed by atoms with Crippen LogP contribution in [0, 0.1) is 0 Å². The van der Waals surface area contributed by atoms with Gasteiger partial charge in [0.2, 0.25) is 5.91 Å². The first kappa shape index (κ1) is 27.1. The van der Waals surface area contributed by atoms with Gasteiger partial charge in [-0.05, 0) is 54.4 Å². The first-order chi connectivity index (χ1) is 17.1. The lowest BCUT2D eigenvalue weighted by Gasteiger charge is -2.25. The minimum Gasteiger partial charge on any atom is -0.492 e. The Morgan fingerprint density at radius 3 is 2.31 bits per heavy atom. The fourth-order valence-corrected chi connectivity index (χ4v) is 4.89. The highest BCUT2D eigenvalue weighted by molar-refractivity contribution is 7.92. The number of sulfonamides is 1. The maximum Gasteiger partial charge on any atom is 0.416 e. The predicted octanol–water partition coefficient (Wildman–Crippen LogP) is 5.05. The van der Waals surface area contributed by atoms with Crippen LogP contribution in [0.1, 0.15) is 24.5 Å². The lowest BCUT2D eigenvalue weighted by Crippen LogP contribution is -2.42. The molecule has 0 saturated heterocycles. The van der Waals surface area contributed by atoms with Crippen molar-refractivity contribution in [1.29, 1.82) is 0 Å². The first-order valence-electron chi connectivity index (χ1n) is 11.3. The van der Waals surface area contributed by atoms with E-state index in [-0.39, 0.29) is 23.7 Å². The Balaban J connectivity index is 1.71. The summed E-state index contributed by atoms with van der Waals surface area (Å²) in [5, 5.41) is 2.56. The van der Waals surface area contributed by atoms with E-state index in [9.17, 15) is 26.4 Å². The van der Waals surface area contributed by atoms with Crippen molar-refractivity contribution >= 4 is 21.6 Å². The van der Waals surface area contributed by atoms with Gasteiger partial charge in [-0.1, -0.05) is 49.7 Å². The molecule has 0 unspecified atom stereocenters. The number of hydrogen-bond acceptors (Lipinski definition) is 4. The Morgan fingerprint density at radius 2 is 1.67 bits per heavy atom. The Bertz CT molecular complexity index is 1250. The molecule has 0 atom stereocenters. The van der Waals surface area contributed by atoms with E-state index in [1.54, 1.807) is 6.07 Å². The van der Waals surface area contributed by atoms with E-state index in [0.29, 0.717) is 16.1 Å². The van der Waals surface area contributed by atoms with Crippen LogP contribution < -0.4 is 14.4 Å². The molecular formula is C26H27F3N2O4S. The summed E-state index contributed by atoms with van der Waals surface area (Å²) in [4.78, 5) is 12.5. The average molecular weight is 521 g/mol. The topological polar surface area (TPSA) is 75.7 Å². The number of nitrogens with zero attached hydrogens (tertiary/aromatic N) is 1. The Morgan fingerprint density at radius 1 is 0.972 bits per heavy atom. The van der Waals surface area contributed by atoms with Crippen LogP contribution in [0.5, 0.6) is 5.75 Å². The van der Waals surface area contributed by atoms with Crippen LogP contribution in [0.15, 0.2) is 83.8 Å². The summed E-state index contributed by atoms with van der Waals surface area (Å²) in [5.41, 5.74) is -0.105. The first-order valence-corrected chi connectivity index (χ1v) is 12.8. The minimum absolute atomic E-state index is 0.0807. The number of hydrogen-bond donors (Lipinski definition) is 1. The van der Waals surface area contributed by atoms with Gasteiger partial charge in [0.05, 0.1) is 22.7 Å². The van der Waals surface area contributed by atoms with E-state index in [1.807, 2.05) is 24.3 Å². The zero-order valence-corrected chi connectivity index (χ0v) is 20.5. The van der Waals surface area contributed by atoms with Crippen molar-refractivity contribution in [3.63, 3.8) is 0 Å². The van der Waals surface area contributed by atoms with E-state index in [0.717, 1.165) is 25.0 Å². The molecule has 3 aromatic carbocycles. The molecule has 3 aromatic rings. The fourth-order valence-electron chi connectivity index (χ4n) is 3.46. The normalized spacial score (nSPS) is 11.7. The van der Waals surface area contributed by atoms with Crippen molar-refractivity contribution in [1.82, 2.24) is 5.32 Å². The van der Waals surface area contributed by atoms with Gasteiger partial charge in [-0.2, -0.15) is 13.2 Å². The number of carbonyl (C=O) groups excluding carboxylic acids is 1. The molecule has 192 valence electrons. The molecule has 0 bridgehead atoms. The second-order valence-corrected chi connectivity index (χ2v) is 9.83. The molecule has 6 nitrogen and oxygen atoms in total. The third-order valence-corrected chi connectivity index (χ3v) is 7.02. The molecule has 0 saturated carbocycles. The van der Waals surface area contributed by atoms with Crippen molar-refractivity contribution in [3.8, 4) is 5.75 Å². The van der Waals surface area contributed by atoms with Crippen LogP contribution in [0.2, 0.25) is 0 Å². The maximum atomic E-state index is 13.3. The number of benzene rings is 3. The van der Waals surface area contributed by atoms with Gasteiger partial charge < -0.3 is 10.1 Å². The summed E-state index contributed by atoms with van der Waals surface area (Å²) in [6.45, 7) is 1.60. The van der Waals surface area contributed by atoms with Crippen LogP contribution in [0.4, 0.5) is 18.9 Å². The summed E-state index contributed by atoms with van der Waals surface area (Å²) in [5.74, 6) is -0.0600. The lowest BCUT2D eigenvalue weighted by atomic mass is 10.1. The van der Waals surface area contributed by atoms with Gasteiger partial charge in [-0.15, -0.1) is 0 Å². The molecule has 0 aliphatic rings. The van der Waals surface area contributed by atoms with Gasteiger partial charge >= 0.3 is 6.18 Å². The predicted molar refractivity (Wildman–Crippen MR) is 131 cm³/mol. The van der Waals surface area contributed by atoms with Gasteiger partial charge in [-0.25, -0.2) is 8.42 Å². The Kier molecular flexibility index (Phi) is 8.98. The summed E-state index contributed by atoms with van der Waals surface area (Å²) in [6, 6.07) is 18.6. The molecule has 0 aliphatic heterocycles. The molecule has 0 radical (unpaired) electrons. The highest BCUT2D eigenvalue weighted by Gasteiger charge is 2.33. The number of amides is 1. The van der Waals surface area contributed by atoms with Gasteiger partial charge in [0.25, 0.3) is 10.0 Å². The average Bonchev–Trinajstić information content (AvgIpc) is 2.86. The van der Waals surface area contributed by atoms with Crippen LogP contribution in [-0.2, 0) is 27.4 Å². The maximum absolute atomic E-state index is 13.3. The SMILES string of the molecule is CCCc1ccc(OCCNC(=O)CN(c2cccc(C(F)(F)F)c2)S(=O)(=O)c2ccccc2)cc1. The third-order valence-electron chi connectivity index (χ3n) is 5.23. The highest BCUT2D eigenvalue weighted by atomic mass is 32.2.